The fourth-order valence-electron chi connectivity index (χ4n) is 2.22. The molecular weight excluding hydrogens is 224 g/mol. The van der Waals surface area contributed by atoms with Crippen molar-refractivity contribution in [3.8, 4) is 5.75 Å². The largest absolute Gasteiger partial charge is 0.496 e. The van der Waals surface area contributed by atoms with Gasteiger partial charge in [-0.2, -0.15) is 0 Å². The van der Waals surface area contributed by atoms with E-state index >= 15 is 0 Å². The van der Waals surface area contributed by atoms with Gasteiger partial charge in [0.2, 0.25) is 0 Å². The minimum absolute atomic E-state index is 0.326. The number of hydrogen-bond donors (Lipinski definition) is 2. The van der Waals surface area contributed by atoms with E-state index in [1.54, 1.807) is 7.11 Å². The second-order valence-corrected chi connectivity index (χ2v) is 4.88. The molecule has 0 amide bonds. The van der Waals surface area contributed by atoms with Crippen molar-refractivity contribution in [1.82, 2.24) is 5.43 Å². The Morgan fingerprint density at radius 2 is 2.11 bits per heavy atom. The third kappa shape index (κ3) is 4.67. The molecule has 1 aromatic carbocycles. The zero-order valence-corrected chi connectivity index (χ0v) is 11.8. The average Bonchev–Trinajstić information content (AvgIpc) is 2.38. The van der Waals surface area contributed by atoms with Gasteiger partial charge in [0.05, 0.1) is 7.11 Å². The van der Waals surface area contributed by atoms with E-state index in [1.165, 1.54) is 30.4 Å². The number of aryl methyl sites for hydroxylation is 1. The fourth-order valence-corrected chi connectivity index (χ4v) is 2.22. The molecule has 0 aliphatic rings. The highest BCUT2D eigenvalue weighted by Crippen LogP contribution is 2.22. The van der Waals surface area contributed by atoms with Gasteiger partial charge in [-0.3, -0.25) is 11.3 Å². The first-order valence-corrected chi connectivity index (χ1v) is 6.80. The molecule has 0 saturated heterocycles. The lowest BCUT2D eigenvalue weighted by atomic mass is 9.99. The maximum Gasteiger partial charge on any atom is 0.122 e. The Bertz CT molecular complexity index is 352. The van der Waals surface area contributed by atoms with Crippen LogP contribution in [0.15, 0.2) is 18.2 Å². The van der Waals surface area contributed by atoms with E-state index in [0.717, 1.165) is 18.6 Å². The van der Waals surface area contributed by atoms with E-state index in [4.69, 9.17) is 10.6 Å². The molecule has 0 radical (unpaired) electrons. The van der Waals surface area contributed by atoms with Gasteiger partial charge in [0.15, 0.2) is 0 Å². The molecule has 1 aromatic rings. The summed E-state index contributed by atoms with van der Waals surface area (Å²) in [5, 5.41) is 0. The van der Waals surface area contributed by atoms with Crippen LogP contribution in [0.4, 0.5) is 0 Å². The van der Waals surface area contributed by atoms with Crippen molar-refractivity contribution in [3.63, 3.8) is 0 Å². The first kappa shape index (κ1) is 15.0. The molecule has 18 heavy (non-hydrogen) atoms. The molecule has 0 aliphatic heterocycles. The van der Waals surface area contributed by atoms with Gasteiger partial charge in [0.25, 0.3) is 0 Å². The van der Waals surface area contributed by atoms with Gasteiger partial charge in [-0.1, -0.05) is 43.9 Å². The predicted molar refractivity (Wildman–Crippen MR) is 76.7 cm³/mol. The Hall–Kier alpha value is -1.06. The van der Waals surface area contributed by atoms with E-state index in [-0.39, 0.29) is 0 Å². The summed E-state index contributed by atoms with van der Waals surface area (Å²) in [6.07, 6.45) is 5.76. The highest BCUT2D eigenvalue weighted by atomic mass is 16.5. The summed E-state index contributed by atoms with van der Waals surface area (Å²) in [5.41, 5.74) is 5.42. The summed E-state index contributed by atoms with van der Waals surface area (Å²) in [7, 11) is 1.72. The van der Waals surface area contributed by atoms with Crippen LogP contribution in [0.25, 0.3) is 0 Å². The smallest absolute Gasteiger partial charge is 0.122 e. The molecule has 0 bridgehead atoms. The number of nitrogens with one attached hydrogen (secondary N) is 1. The van der Waals surface area contributed by atoms with Crippen LogP contribution in [0.2, 0.25) is 0 Å². The Kier molecular flexibility index (Phi) is 6.76. The number of benzene rings is 1. The summed E-state index contributed by atoms with van der Waals surface area (Å²) in [6, 6.07) is 6.62. The molecule has 0 heterocycles. The van der Waals surface area contributed by atoms with Crippen molar-refractivity contribution in [2.24, 2.45) is 5.84 Å². The maximum atomic E-state index is 5.64. The Morgan fingerprint density at radius 1 is 1.33 bits per heavy atom. The summed E-state index contributed by atoms with van der Waals surface area (Å²) in [5.74, 6) is 6.60. The minimum atomic E-state index is 0.326. The molecule has 3 N–H and O–H groups in total. The molecule has 0 aromatic heterocycles. The number of hydrazine groups is 1. The van der Waals surface area contributed by atoms with Crippen LogP contribution in [-0.4, -0.2) is 13.2 Å². The first-order valence-electron chi connectivity index (χ1n) is 6.80. The summed E-state index contributed by atoms with van der Waals surface area (Å²) in [4.78, 5) is 0. The molecular formula is C15H26N2O. The molecule has 0 saturated carbocycles. The molecule has 3 nitrogen and oxygen atoms in total. The van der Waals surface area contributed by atoms with Gasteiger partial charge in [-0.25, -0.2) is 0 Å². The summed E-state index contributed by atoms with van der Waals surface area (Å²) in [6.45, 7) is 4.32. The lowest BCUT2D eigenvalue weighted by Crippen LogP contribution is -2.36. The lowest BCUT2D eigenvalue weighted by molar-refractivity contribution is 0.401. The SMILES string of the molecule is CCCCCC(Cc1cc(C)ccc1OC)NN. The van der Waals surface area contributed by atoms with E-state index in [0.29, 0.717) is 6.04 Å². The third-order valence-electron chi connectivity index (χ3n) is 3.29. The second kappa shape index (κ2) is 8.11. The van der Waals surface area contributed by atoms with Crippen molar-refractivity contribution >= 4 is 0 Å². The molecule has 3 heteroatoms. The molecule has 1 atom stereocenters. The monoisotopic (exact) mass is 250 g/mol. The zero-order valence-electron chi connectivity index (χ0n) is 11.8. The normalized spacial score (nSPS) is 12.4. The van der Waals surface area contributed by atoms with Crippen LogP contribution in [0.5, 0.6) is 5.75 Å². The number of methoxy groups -OCH3 is 1. The molecule has 1 unspecified atom stereocenters. The molecule has 102 valence electrons. The van der Waals surface area contributed by atoms with E-state index in [2.05, 4.69) is 31.4 Å². The average molecular weight is 250 g/mol. The van der Waals surface area contributed by atoms with Gasteiger partial charge in [-0.15, -0.1) is 0 Å². The van der Waals surface area contributed by atoms with Gasteiger partial charge in [0, 0.05) is 6.04 Å². The highest BCUT2D eigenvalue weighted by Gasteiger charge is 2.11. The van der Waals surface area contributed by atoms with E-state index in [1.807, 2.05) is 6.07 Å². The van der Waals surface area contributed by atoms with Crippen LogP contribution in [-0.2, 0) is 6.42 Å². The Morgan fingerprint density at radius 3 is 2.72 bits per heavy atom. The molecule has 0 aliphatic carbocycles. The van der Waals surface area contributed by atoms with Crippen LogP contribution in [0, 0.1) is 6.92 Å². The fraction of sp³-hybridized carbons (Fsp3) is 0.600. The second-order valence-electron chi connectivity index (χ2n) is 4.88. The summed E-state index contributed by atoms with van der Waals surface area (Å²) >= 11 is 0. The number of hydrogen-bond acceptors (Lipinski definition) is 3. The molecule has 1 rings (SSSR count). The topological polar surface area (TPSA) is 47.3 Å². The number of nitrogens with two attached hydrogens (primary N) is 1. The van der Waals surface area contributed by atoms with Crippen LogP contribution in [0.1, 0.15) is 43.7 Å². The Balaban J connectivity index is 2.65. The molecule has 0 spiro atoms. The zero-order chi connectivity index (χ0) is 13.4. The van der Waals surface area contributed by atoms with Gasteiger partial charge in [-0.05, 0) is 31.4 Å². The van der Waals surface area contributed by atoms with E-state index in [9.17, 15) is 0 Å². The molecule has 0 fully saturated rings. The standard InChI is InChI=1S/C15H26N2O/c1-4-5-6-7-14(17-16)11-13-10-12(2)8-9-15(13)18-3/h8-10,14,17H,4-7,11,16H2,1-3H3. The Labute approximate surface area is 111 Å². The van der Waals surface area contributed by atoms with Crippen molar-refractivity contribution < 1.29 is 4.74 Å². The van der Waals surface area contributed by atoms with Crippen molar-refractivity contribution in [2.45, 2.75) is 52.0 Å². The number of unbranched alkanes of at least 4 members (excludes halogenated alkanes) is 2. The minimum Gasteiger partial charge on any atom is -0.496 e. The lowest BCUT2D eigenvalue weighted by Gasteiger charge is -2.18. The van der Waals surface area contributed by atoms with Crippen LogP contribution < -0.4 is 16.0 Å². The highest BCUT2D eigenvalue weighted by molar-refractivity contribution is 5.37. The third-order valence-corrected chi connectivity index (χ3v) is 3.29. The number of rotatable bonds is 8. The van der Waals surface area contributed by atoms with Gasteiger partial charge in [0.1, 0.15) is 5.75 Å². The van der Waals surface area contributed by atoms with Crippen molar-refractivity contribution in [2.75, 3.05) is 7.11 Å². The maximum absolute atomic E-state index is 5.64. The first-order chi connectivity index (χ1) is 8.71. The van der Waals surface area contributed by atoms with Crippen LogP contribution in [0.3, 0.4) is 0 Å². The van der Waals surface area contributed by atoms with Crippen molar-refractivity contribution in [1.29, 1.82) is 0 Å². The quantitative estimate of drug-likeness (QED) is 0.423. The van der Waals surface area contributed by atoms with Crippen LogP contribution >= 0.6 is 0 Å². The summed E-state index contributed by atoms with van der Waals surface area (Å²) < 4.78 is 5.40. The van der Waals surface area contributed by atoms with Gasteiger partial charge >= 0.3 is 0 Å². The van der Waals surface area contributed by atoms with E-state index < -0.39 is 0 Å². The number of ether oxygens (including phenoxy) is 1. The van der Waals surface area contributed by atoms with Gasteiger partial charge < -0.3 is 4.74 Å². The van der Waals surface area contributed by atoms with Crippen molar-refractivity contribution in [3.05, 3.63) is 29.3 Å². The predicted octanol–water partition coefficient (Wildman–Crippen LogP) is 2.96.